The van der Waals surface area contributed by atoms with Crippen LogP contribution in [0.4, 0.5) is 9.18 Å². The number of halogens is 1. The lowest BCUT2D eigenvalue weighted by Gasteiger charge is -2.36. The smallest absolute Gasteiger partial charge is 0.315 e. The number of hydrogen-bond acceptors (Lipinski definition) is 5. The van der Waals surface area contributed by atoms with Crippen molar-refractivity contribution in [3.63, 3.8) is 0 Å². The highest BCUT2D eigenvalue weighted by Crippen LogP contribution is 2.22. The van der Waals surface area contributed by atoms with Crippen LogP contribution in [0.1, 0.15) is 51.4 Å². The summed E-state index contributed by atoms with van der Waals surface area (Å²) in [6, 6.07) is 4.30. The molecule has 0 unspecified atom stereocenters. The molecule has 0 aromatic heterocycles. The first kappa shape index (κ1) is 23.9. The van der Waals surface area contributed by atoms with Gasteiger partial charge in [-0.25, -0.2) is 22.3 Å². The minimum Gasteiger partial charge on any atom is -0.394 e. The molecule has 174 valence electrons. The molecule has 1 heterocycles. The van der Waals surface area contributed by atoms with Crippen LogP contribution in [0, 0.1) is 5.82 Å². The maximum Gasteiger partial charge on any atom is 0.315 e. The van der Waals surface area contributed by atoms with Gasteiger partial charge in [-0.05, 0) is 56.4 Å². The Balaban J connectivity index is 1.42. The van der Waals surface area contributed by atoms with Gasteiger partial charge in [0.2, 0.25) is 10.0 Å². The van der Waals surface area contributed by atoms with Gasteiger partial charge in [-0.2, -0.15) is 0 Å². The van der Waals surface area contributed by atoms with Crippen molar-refractivity contribution >= 4 is 16.1 Å². The Morgan fingerprint density at radius 1 is 1.06 bits per heavy atom. The number of aliphatic hydroxyl groups is 1. The highest BCUT2D eigenvalue weighted by atomic mass is 32.2. The summed E-state index contributed by atoms with van der Waals surface area (Å²) in [6.07, 6.45) is 6.40. The topological polar surface area (TPSA) is 117 Å². The van der Waals surface area contributed by atoms with E-state index in [0.717, 1.165) is 37.8 Å². The Morgan fingerprint density at radius 3 is 2.45 bits per heavy atom. The number of aliphatic hydroxyl groups excluding tert-OH is 1. The average Bonchev–Trinajstić information content (AvgIpc) is 2.75. The van der Waals surface area contributed by atoms with Crippen LogP contribution in [0.5, 0.6) is 0 Å². The number of benzene rings is 1. The molecule has 1 aliphatic heterocycles. The van der Waals surface area contributed by atoms with Crippen LogP contribution in [0.2, 0.25) is 0 Å². The Labute approximate surface area is 183 Å². The van der Waals surface area contributed by atoms with E-state index in [1.54, 1.807) is 0 Å². The maximum atomic E-state index is 13.0. The summed E-state index contributed by atoms with van der Waals surface area (Å²) in [6.45, 7) is -0.0744. The molecule has 1 aromatic rings. The number of urea groups is 1. The van der Waals surface area contributed by atoms with Gasteiger partial charge in [0.15, 0.2) is 0 Å². The SMILES string of the molecule is O=C(NC1CCCCC1)N[C@H]1CC[C@H](CCNS(=O)(=O)c2ccc(F)cc2)O[C@@H]1CO. The van der Waals surface area contributed by atoms with E-state index < -0.39 is 21.9 Å². The molecule has 1 aromatic carbocycles. The van der Waals surface area contributed by atoms with Crippen molar-refractivity contribution in [1.29, 1.82) is 0 Å². The molecule has 3 atom stereocenters. The third kappa shape index (κ3) is 7.13. The standard InChI is InChI=1S/C21H32FN3O5S/c22-15-6-9-18(10-7-15)31(28,29)23-13-12-17-8-11-19(20(14-26)30-17)25-21(27)24-16-4-2-1-3-5-16/h6-7,9-10,16-17,19-20,23,26H,1-5,8,11-14H2,(H2,24,25,27)/t17-,19+,20-/m1/s1. The van der Waals surface area contributed by atoms with Gasteiger partial charge in [0.1, 0.15) is 11.9 Å². The summed E-state index contributed by atoms with van der Waals surface area (Å²) in [4.78, 5) is 12.3. The molecule has 0 spiro atoms. The van der Waals surface area contributed by atoms with Crippen molar-refractivity contribution in [2.24, 2.45) is 0 Å². The Hall–Kier alpha value is -1.75. The molecule has 1 aliphatic carbocycles. The number of carbonyl (C=O) groups excluding carboxylic acids is 1. The second kappa shape index (κ2) is 11.2. The number of amides is 2. The van der Waals surface area contributed by atoms with Gasteiger partial charge in [-0.1, -0.05) is 19.3 Å². The fourth-order valence-corrected chi connectivity index (χ4v) is 5.25. The van der Waals surface area contributed by atoms with Crippen molar-refractivity contribution in [2.75, 3.05) is 13.2 Å². The van der Waals surface area contributed by atoms with Crippen molar-refractivity contribution < 1.29 is 27.4 Å². The Kier molecular flexibility index (Phi) is 8.65. The summed E-state index contributed by atoms with van der Waals surface area (Å²) in [5.74, 6) is -0.500. The normalized spacial score (nSPS) is 25.2. The van der Waals surface area contributed by atoms with E-state index in [9.17, 15) is 22.7 Å². The van der Waals surface area contributed by atoms with E-state index >= 15 is 0 Å². The van der Waals surface area contributed by atoms with Gasteiger partial charge in [0, 0.05) is 12.6 Å². The van der Waals surface area contributed by atoms with Gasteiger partial charge in [-0.15, -0.1) is 0 Å². The molecule has 3 rings (SSSR count). The van der Waals surface area contributed by atoms with E-state index in [1.807, 2.05) is 0 Å². The molecule has 2 amide bonds. The van der Waals surface area contributed by atoms with Crippen LogP contribution < -0.4 is 15.4 Å². The number of carbonyl (C=O) groups is 1. The molecule has 2 aliphatic rings. The average molecular weight is 458 g/mol. The fourth-order valence-electron chi connectivity index (χ4n) is 4.20. The summed E-state index contributed by atoms with van der Waals surface area (Å²) in [5.41, 5.74) is 0. The third-order valence-corrected chi connectivity index (χ3v) is 7.41. The summed E-state index contributed by atoms with van der Waals surface area (Å²) in [7, 11) is -3.72. The van der Waals surface area contributed by atoms with E-state index in [1.165, 1.54) is 18.6 Å². The number of rotatable bonds is 8. The lowest BCUT2D eigenvalue weighted by atomic mass is 9.95. The maximum absolute atomic E-state index is 13.0. The molecule has 10 heteroatoms. The monoisotopic (exact) mass is 457 g/mol. The van der Waals surface area contributed by atoms with Crippen LogP contribution in [0.25, 0.3) is 0 Å². The first-order chi connectivity index (χ1) is 14.9. The lowest BCUT2D eigenvalue weighted by molar-refractivity contribution is -0.0887. The third-order valence-electron chi connectivity index (χ3n) is 5.93. The molecule has 1 saturated carbocycles. The molecule has 2 fully saturated rings. The zero-order valence-electron chi connectivity index (χ0n) is 17.6. The molecule has 31 heavy (non-hydrogen) atoms. The van der Waals surface area contributed by atoms with Gasteiger partial charge >= 0.3 is 6.03 Å². The predicted octanol–water partition coefficient (Wildman–Crippen LogP) is 2.03. The van der Waals surface area contributed by atoms with Crippen molar-refractivity contribution in [1.82, 2.24) is 15.4 Å². The molecule has 4 N–H and O–H groups in total. The first-order valence-electron chi connectivity index (χ1n) is 11.0. The van der Waals surface area contributed by atoms with Gasteiger partial charge < -0.3 is 20.5 Å². The Morgan fingerprint density at radius 2 is 1.77 bits per heavy atom. The van der Waals surface area contributed by atoms with Gasteiger partial charge in [-0.3, -0.25) is 0 Å². The largest absolute Gasteiger partial charge is 0.394 e. The number of sulfonamides is 1. The van der Waals surface area contributed by atoms with E-state index in [0.29, 0.717) is 19.3 Å². The number of nitrogens with one attached hydrogen (secondary N) is 3. The minimum atomic E-state index is -3.72. The van der Waals surface area contributed by atoms with E-state index in [4.69, 9.17) is 4.74 Å². The van der Waals surface area contributed by atoms with E-state index in [-0.39, 0.29) is 42.3 Å². The number of ether oxygens (including phenoxy) is 1. The van der Waals surface area contributed by atoms with Crippen LogP contribution in [0.3, 0.4) is 0 Å². The predicted molar refractivity (Wildman–Crippen MR) is 114 cm³/mol. The molecule has 1 saturated heterocycles. The van der Waals surface area contributed by atoms with Crippen LogP contribution in [-0.4, -0.2) is 57.0 Å². The van der Waals surface area contributed by atoms with Crippen LogP contribution >= 0.6 is 0 Å². The first-order valence-corrected chi connectivity index (χ1v) is 12.4. The second-order valence-electron chi connectivity index (χ2n) is 8.26. The molecule has 0 radical (unpaired) electrons. The number of hydrogen-bond donors (Lipinski definition) is 4. The van der Waals surface area contributed by atoms with Crippen LogP contribution in [-0.2, 0) is 14.8 Å². The lowest BCUT2D eigenvalue weighted by Crippen LogP contribution is -2.55. The highest BCUT2D eigenvalue weighted by Gasteiger charge is 2.32. The minimum absolute atomic E-state index is 0.0000560. The Bertz CT molecular complexity index is 815. The quantitative estimate of drug-likeness (QED) is 0.477. The van der Waals surface area contributed by atoms with Crippen molar-refractivity contribution in [3.8, 4) is 0 Å². The van der Waals surface area contributed by atoms with Gasteiger partial charge in [0.05, 0.1) is 23.6 Å². The van der Waals surface area contributed by atoms with Crippen LogP contribution in [0.15, 0.2) is 29.2 Å². The highest BCUT2D eigenvalue weighted by molar-refractivity contribution is 7.89. The van der Waals surface area contributed by atoms with E-state index in [2.05, 4.69) is 15.4 Å². The molecular weight excluding hydrogens is 425 g/mol. The summed E-state index contributed by atoms with van der Waals surface area (Å²) < 4.78 is 45.9. The van der Waals surface area contributed by atoms with Gasteiger partial charge in [0.25, 0.3) is 0 Å². The zero-order chi connectivity index (χ0) is 22.3. The zero-order valence-corrected chi connectivity index (χ0v) is 18.4. The summed E-state index contributed by atoms with van der Waals surface area (Å²) in [5, 5.41) is 15.6. The molecular formula is C21H32FN3O5S. The summed E-state index contributed by atoms with van der Waals surface area (Å²) >= 11 is 0. The molecule has 8 nitrogen and oxygen atoms in total. The molecule has 0 bridgehead atoms. The fraction of sp³-hybridized carbons (Fsp3) is 0.667. The second-order valence-corrected chi connectivity index (χ2v) is 10.0. The van der Waals surface area contributed by atoms with Crippen molar-refractivity contribution in [3.05, 3.63) is 30.1 Å². The van der Waals surface area contributed by atoms with Crippen molar-refractivity contribution in [2.45, 2.75) is 80.6 Å².